The van der Waals surface area contributed by atoms with Crippen molar-refractivity contribution in [1.82, 2.24) is 9.97 Å². The van der Waals surface area contributed by atoms with E-state index in [9.17, 15) is 14.7 Å². The maximum Gasteiger partial charge on any atom is 0.302 e. The Labute approximate surface area is 200 Å². The normalized spacial score (nSPS) is 21.1. The molecule has 176 valence electrons. The monoisotopic (exact) mass is 469 g/mol. The molecule has 2 aliphatic heterocycles. The number of fused-ring (bicyclic) bond motifs is 2. The Morgan fingerprint density at radius 3 is 2.71 bits per heavy atom. The van der Waals surface area contributed by atoms with Gasteiger partial charge < -0.3 is 19.2 Å². The third-order valence-electron chi connectivity index (χ3n) is 6.74. The summed E-state index contributed by atoms with van der Waals surface area (Å²) in [6.45, 7) is 5.95. The molecule has 0 radical (unpaired) electrons. The predicted molar refractivity (Wildman–Crippen MR) is 129 cm³/mol. The third-order valence-corrected chi connectivity index (χ3v) is 6.74. The molecule has 6 rings (SSSR count). The minimum atomic E-state index is -0.976. The Morgan fingerprint density at radius 1 is 1.14 bits per heavy atom. The molecule has 2 aromatic carbocycles. The lowest BCUT2D eigenvalue weighted by atomic mass is 9.97. The maximum atomic E-state index is 13.3. The fraction of sp³-hybridized carbons (Fsp3) is 0.222. The summed E-state index contributed by atoms with van der Waals surface area (Å²) < 4.78 is 11.4. The van der Waals surface area contributed by atoms with Crippen LogP contribution in [0.1, 0.15) is 41.0 Å². The number of ether oxygens (including phenoxy) is 1. The van der Waals surface area contributed by atoms with Crippen LogP contribution in [0.3, 0.4) is 0 Å². The van der Waals surface area contributed by atoms with E-state index in [1.165, 1.54) is 11.2 Å². The molecule has 1 fully saturated rings. The van der Waals surface area contributed by atoms with Crippen LogP contribution in [0.2, 0.25) is 0 Å². The summed E-state index contributed by atoms with van der Waals surface area (Å²) in [5.41, 5.74) is 4.89. The van der Waals surface area contributed by atoms with Crippen molar-refractivity contribution in [2.75, 3.05) is 4.90 Å². The number of aryl methyl sites for hydroxylation is 2. The van der Waals surface area contributed by atoms with E-state index >= 15 is 0 Å². The number of furan rings is 1. The number of aromatic nitrogens is 2. The lowest BCUT2D eigenvalue weighted by Gasteiger charge is -2.20. The quantitative estimate of drug-likeness (QED) is 0.255. The number of rotatable bonds is 3. The van der Waals surface area contributed by atoms with Crippen LogP contribution in [-0.4, -0.2) is 32.9 Å². The smallest absolute Gasteiger partial charge is 0.302 e. The van der Waals surface area contributed by atoms with Gasteiger partial charge in [0, 0.05) is 12.0 Å². The maximum absolute atomic E-state index is 13.3. The van der Waals surface area contributed by atoms with Crippen molar-refractivity contribution < 1.29 is 23.8 Å². The van der Waals surface area contributed by atoms with Crippen LogP contribution >= 0.6 is 0 Å². The summed E-state index contributed by atoms with van der Waals surface area (Å²) in [6.07, 6.45) is 2.20. The topological polar surface area (TPSA) is 109 Å². The number of nitrogens with zero attached hydrogens (tertiary/aromatic N) is 2. The zero-order chi connectivity index (χ0) is 24.4. The Bertz CT molecular complexity index is 1510. The summed E-state index contributed by atoms with van der Waals surface area (Å²) in [6, 6.07) is 11.5. The molecule has 0 aliphatic carbocycles. The van der Waals surface area contributed by atoms with Gasteiger partial charge in [0.2, 0.25) is 5.95 Å². The zero-order valence-electron chi connectivity index (χ0n) is 19.5. The Kier molecular flexibility index (Phi) is 4.60. The highest BCUT2D eigenvalue weighted by Crippen LogP contribution is 2.42. The van der Waals surface area contributed by atoms with E-state index < -0.39 is 17.7 Å². The van der Waals surface area contributed by atoms with Crippen LogP contribution in [0, 0.1) is 13.8 Å². The molecular weight excluding hydrogens is 446 g/mol. The number of aromatic amines is 1. The molecule has 4 heterocycles. The van der Waals surface area contributed by atoms with Crippen LogP contribution in [0.15, 0.2) is 58.7 Å². The molecule has 4 aromatic rings. The summed E-state index contributed by atoms with van der Waals surface area (Å²) in [5.74, 6) is -0.553. The number of carbonyl (C=O) groups is 2. The number of Topliss-reactive ketones (excluding diaryl/α,β-unsaturated/α-hetero) is 1. The standard InChI is InChI=1S/C27H23N3O5/c1-13-9-18-19(10-14(13)2)29-27(28-18)30-23(21-5-4-8-34-21)22(25(32)26(30)33)24(31)16-6-7-20-17(12-16)11-15(3)35-20/h4-10,12,15,23,31H,11H2,1-3H3,(H,28,29)/b24-22+. The van der Waals surface area contributed by atoms with Crippen molar-refractivity contribution in [3.63, 3.8) is 0 Å². The largest absolute Gasteiger partial charge is 0.507 e. The van der Waals surface area contributed by atoms with E-state index in [-0.39, 0.29) is 23.4 Å². The van der Waals surface area contributed by atoms with Crippen LogP contribution in [0.5, 0.6) is 5.75 Å². The molecule has 2 N–H and O–H groups in total. The van der Waals surface area contributed by atoms with E-state index in [4.69, 9.17) is 9.15 Å². The van der Waals surface area contributed by atoms with Gasteiger partial charge in [-0.2, -0.15) is 0 Å². The number of carbonyl (C=O) groups excluding carboxylic acids is 2. The van der Waals surface area contributed by atoms with Gasteiger partial charge >= 0.3 is 5.91 Å². The number of hydrogen-bond donors (Lipinski definition) is 2. The molecule has 2 aliphatic rings. The fourth-order valence-electron chi connectivity index (χ4n) is 4.86. The number of benzene rings is 2. The number of nitrogens with one attached hydrogen (secondary N) is 1. The van der Waals surface area contributed by atoms with Crippen LogP contribution in [0.4, 0.5) is 5.95 Å². The zero-order valence-corrected chi connectivity index (χ0v) is 19.5. The molecule has 2 unspecified atom stereocenters. The van der Waals surface area contributed by atoms with Crippen molar-refractivity contribution in [3.8, 4) is 5.75 Å². The Balaban J connectivity index is 1.51. The van der Waals surface area contributed by atoms with E-state index in [0.29, 0.717) is 23.3 Å². The lowest BCUT2D eigenvalue weighted by molar-refractivity contribution is -0.132. The first-order chi connectivity index (χ1) is 16.8. The minimum Gasteiger partial charge on any atom is -0.507 e. The van der Waals surface area contributed by atoms with Crippen molar-refractivity contribution in [2.24, 2.45) is 0 Å². The van der Waals surface area contributed by atoms with Gasteiger partial charge in [-0.3, -0.25) is 14.5 Å². The minimum absolute atomic E-state index is 0.0384. The average Bonchev–Trinajstić information content (AvgIpc) is 3.59. The Morgan fingerprint density at radius 2 is 1.94 bits per heavy atom. The second-order valence-corrected chi connectivity index (χ2v) is 9.15. The van der Waals surface area contributed by atoms with Crippen LogP contribution in [-0.2, 0) is 16.0 Å². The number of H-pyrrole nitrogens is 1. The third kappa shape index (κ3) is 3.24. The average molecular weight is 469 g/mol. The van der Waals surface area contributed by atoms with Gasteiger partial charge in [-0.25, -0.2) is 4.98 Å². The molecule has 35 heavy (non-hydrogen) atoms. The molecule has 8 heteroatoms. The van der Waals surface area contributed by atoms with Gasteiger partial charge in [0.25, 0.3) is 5.78 Å². The van der Waals surface area contributed by atoms with Gasteiger partial charge in [-0.05, 0) is 79.9 Å². The van der Waals surface area contributed by atoms with Crippen LogP contribution in [0.25, 0.3) is 16.8 Å². The first-order valence-electron chi connectivity index (χ1n) is 11.4. The van der Waals surface area contributed by atoms with Crippen molar-refractivity contribution >= 4 is 34.4 Å². The van der Waals surface area contributed by atoms with Gasteiger partial charge in [-0.1, -0.05) is 0 Å². The number of aliphatic hydroxyl groups is 1. The molecule has 8 nitrogen and oxygen atoms in total. The molecule has 0 saturated carbocycles. The highest BCUT2D eigenvalue weighted by molar-refractivity contribution is 6.51. The van der Waals surface area contributed by atoms with Crippen molar-refractivity contribution in [1.29, 1.82) is 0 Å². The Hall–Kier alpha value is -4.33. The van der Waals surface area contributed by atoms with Gasteiger partial charge in [0.05, 0.1) is 22.9 Å². The van der Waals surface area contributed by atoms with E-state index in [1.54, 1.807) is 30.3 Å². The fourth-order valence-corrected chi connectivity index (χ4v) is 4.86. The molecule has 1 amide bonds. The van der Waals surface area contributed by atoms with E-state index in [2.05, 4.69) is 9.97 Å². The number of hydrogen-bond acceptors (Lipinski definition) is 6. The van der Waals surface area contributed by atoms with Gasteiger partial charge in [0.15, 0.2) is 0 Å². The van der Waals surface area contributed by atoms with Crippen molar-refractivity contribution in [2.45, 2.75) is 39.3 Å². The SMILES string of the molecule is Cc1cc2nc(N3C(=O)C(=O)/C(=C(/O)c4ccc5c(c4)CC(C)O5)C3c3ccco3)[nH]c2cc1C. The first kappa shape index (κ1) is 21.2. The number of aliphatic hydroxyl groups excluding tert-OH is 1. The number of anilines is 1. The number of amides is 1. The first-order valence-corrected chi connectivity index (χ1v) is 11.4. The lowest BCUT2D eigenvalue weighted by Crippen LogP contribution is -2.30. The summed E-state index contributed by atoms with van der Waals surface area (Å²) in [4.78, 5) is 35.6. The van der Waals surface area contributed by atoms with Crippen LogP contribution < -0.4 is 9.64 Å². The highest BCUT2D eigenvalue weighted by Gasteiger charge is 2.49. The number of imidazole rings is 1. The molecule has 0 spiro atoms. The molecular formula is C27H23N3O5. The second-order valence-electron chi connectivity index (χ2n) is 9.15. The summed E-state index contributed by atoms with van der Waals surface area (Å²) in [7, 11) is 0. The van der Waals surface area contributed by atoms with Gasteiger partial charge in [0.1, 0.15) is 29.4 Å². The van der Waals surface area contributed by atoms with E-state index in [1.807, 2.05) is 32.9 Å². The predicted octanol–water partition coefficient (Wildman–Crippen LogP) is 4.72. The summed E-state index contributed by atoms with van der Waals surface area (Å²) >= 11 is 0. The van der Waals surface area contributed by atoms with Crippen molar-refractivity contribution in [3.05, 3.63) is 82.3 Å². The summed E-state index contributed by atoms with van der Waals surface area (Å²) in [5, 5.41) is 11.3. The molecule has 0 bridgehead atoms. The second kappa shape index (κ2) is 7.59. The molecule has 2 atom stereocenters. The molecule has 2 aromatic heterocycles. The van der Waals surface area contributed by atoms with Gasteiger partial charge in [-0.15, -0.1) is 0 Å². The molecule has 1 saturated heterocycles. The van der Waals surface area contributed by atoms with E-state index in [0.717, 1.165) is 28.0 Å². The highest BCUT2D eigenvalue weighted by atomic mass is 16.5. The number of ketones is 1.